The summed E-state index contributed by atoms with van der Waals surface area (Å²) in [6, 6.07) is 7.39. The van der Waals surface area contributed by atoms with Gasteiger partial charge < -0.3 is 15.0 Å². The van der Waals surface area contributed by atoms with E-state index in [0.29, 0.717) is 27.5 Å². The molecule has 0 spiro atoms. The quantitative estimate of drug-likeness (QED) is 0.216. The lowest BCUT2D eigenvalue weighted by molar-refractivity contribution is -0.122. The Morgan fingerprint density at radius 2 is 1.77 bits per heavy atom. The number of allylic oxidation sites excluding steroid dienone is 10. The molecular formula is C35H44Cl2N4O2. The fourth-order valence-electron chi connectivity index (χ4n) is 5.37. The molecule has 43 heavy (non-hydrogen) atoms. The number of fused-ring (bicyclic) bond motifs is 2. The Balaban J connectivity index is 1.49. The van der Waals surface area contributed by atoms with Gasteiger partial charge in [-0.25, -0.2) is 4.68 Å². The Morgan fingerprint density at radius 3 is 2.47 bits per heavy atom. The van der Waals surface area contributed by atoms with Crippen molar-refractivity contribution in [2.24, 2.45) is 5.92 Å². The van der Waals surface area contributed by atoms with Gasteiger partial charge in [0, 0.05) is 27.7 Å². The van der Waals surface area contributed by atoms with E-state index in [1.807, 2.05) is 30.4 Å². The SMILES string of the molecule is CCC(C)C(CCCN(CC)CC)NC(=O)CCOc1cc(-c2cc(Cl)cc(Cl)c2)nn1C1=CC2=CC=CC=C(C=C1)C2. The van der Waals surface area contributed by atoms with Gasteiger partial charge in [-0.1, -0.05) is 87.7 Å². The highest BCUT2D eigenvalue weighted by Gasteiger charge is 2.20. The largest absolute Gasteiger partial charge is 0.477 e. The van der Waals surface area contributed by atoms with E-state index in [1.54, 1.807) is 10.7 Å². The summed E-state index contributed by atoms with van der Waals surface area (Å²) in [7, 11) is 0. The van der Waals surface area contributed by atoms with Crippen molar-refractivity contribution in [3.63, 3.8) is 0 Å². The van der Waals surface area contributed by atoms with Crippen LogP contribution in [0, 0.1) is 5.92 Å². The molecule has 4 rings (SSSR count). The molecule has 0 radical (unpaired) electrons. The van der Waals surface area contributed by atoms with Crippen LogP contribution in [0.4, 0.5) is 0 Å². The van der Waals surface area contributed by atoms with Crippen LogP contribution in [0.1, 0.15) is 59.8 Å². The van der Waals surface area contributed by atoms with Gasteiger partial charge in [-0.05, 0) is 86.3 Å². The second kappa shape index (κ2) is 16.1. The molecule has 2 aliphatic rings. The van der Waals surface area contributed by atoms with E-state index in [9.17, 15) is 4.79 Å². The number of nitrogens with one attached hydrogen (secondary N) is 1. The zero-order chi connectivity index (χ0) is 30.8. The Labute approximate surface area is 266 Å². The maximum absolute atomic E-state index is 13.1. The monoisotopic (exact) mass is 622 g/mol. The number of hydrogen-bond donors (Lipinski definition) is 1. The van der Waals surface area contributed by atoms with Crippen molar-refractivity contribution in [3.05, 3.63) is 88.0 Å². The molecule has 2 aliphatic carbocycles. The maximum atomic E-state index is 13.1. The normalized spacial score (nSPS) is 15.7. The summed E-state index contributed by atoms with van der Waals surface area (Å²) in [4.78, 5) is 15.5. The minimum Gasteiger partial charge on any atom is -0.477 e. The average Bonchev–Trinajstić information content (AvgIpc) is 3.14. The number of hydrogen-bond acceptors (Lipinski definition) is 4. The highest BCUT2D eigenvalue weighted by Crippen LogP contribution is 2.32. The number of halogens is 2. The van der Waals surface area contributed by atoms with Crippen LogP contribution in [0.15, 0.2) is 77.9 Å². The van der Waals surface area contributed by atoms with Crippen LogP contribution in [0.3, 0.4) is 0 Å². The lowest BCUT2D eigenvalue weighted by Gasteiger charge is -2.26. The first-order chi connectivity index (χ1) is 20.8. The molecule has 1 N–H and O–H groups in total. The van der Waals surface area contributed by atoms with Crippen LogP contribution in [0.5, 0.6) is 5.88 Å². The van der Waals surface area contributed by atoms with Gasteiger partial charge in [0.25, 0.3) is 0 Å². The molecule has 0 fully saturated rings. The standard InChI is InChI=1S/C35H44Cl2N4O2/c1-5-25(4)32(13-10-17-40(6-2)7-3)38-34(42)16-18-43-35-24-33(28-21-29(36)23-30(37)22-28)39-41(35)31-15-14-26-11-8-9-12-27(19-26)20-31/h8-9,11-12,14-15,20-25,32H,5-7,10,13,16-19H2,1-4H3,(H,38,42). The Kier molecular flexibility index (Phi) is 12.3. The average molecular weight is 624 g/mol. The molecule has 2 bridgehead atoms. The Hall–Kier alpha value is -3.06. The van der Waals surface area contributed by atoms with Gasteiger partial charge in [0.1, 0.15) is 0 Å². The first-order valence-electron chi connectivity index (χ1n) is 15.5. The predicted octanol–water partition coefficient (Wildman–Crippen LogP) is 8.50. The van der Waals surface area contributed by atoms with E-state index >= 15 is 0 Å². The molecule has 0 saturated carbocycles. The number of carbonyl (C=O) groups excluding carboxylic acids is 1. The number of rotatable bonds is 15. The van der Waals surface area contributed by atoms with Crippen LogP contribution < -0.4 is 10.1 Å². The van der Waals surface area contributed by atoms with Crippen molar-refractivity contribution in [1.29, 1.82) is 0 Å². The van der Waals surface area contributed by atoms with Gasteiger partial charge in [0.15, 0.2) is 0 Å². The molecule has 6 nitrogen and oxygen atoms in total. The van der Waals surface area contributed by atoms with E-state index in [-0.39, 0.29) is 25.0 Å². The van der Waals surface area contributed by atoms with Crippen molar-refractivity contribution < 1.29 is 9.53 Å². The zero-order valence-corrected chi connectivity index (χ0v) is 27.3. The molecule has 1 aromatic heterocycles. The van der Waals surface area contributed by atoms with E-state index in [0.717, 1.165) is 56.6 Å². The van der Waals surface area contributed by atoms with Crippen LogP contribution in [0.2, 0.25) is 10.0 Å². The number of nitrogens with zero attached hydrogens (tertiary/aromatic N) is 3. The zero-order valence-electron chi connectivity index (χ0n) is 25.8. The summed E-state index contributed by atoms with van der Waals surface area (Å²) in [5.41, 5.74) is 4.73. The molecule has 230 valence electrons. The summed E-state index contributed by atoms with van der Waals surface area (Å²) in [5, 5.41) is 9.25. The summed E-state index contributed by atoms with van der Waals surface area (Å²) < 4.78 is 8.04. The number of carbonyl (C=O) groups is 1. The van der Waals surface area contributed by atoms with Crippen molar-refractivity contribution in [3.8, 4) is 17.1 Å². The van der Waals surface area contributed by atoms with E-state index in [2.05, 4.69) is 68.3 Å². The Bertz CT molecular complexity index is 1390. The van der Waals surface area contributed by atoms with Crippen molar-refractivity contribution >= 4 is 34.8 Å². The van der Waals surface area contributed by atoms with Crippen molar-refractivity contribution in [2.75, 3.05) is 26.2 Å². The number of amides is 1. The Morgan fingerprint density at radius 1 is 1.05 bits per heavy atom. The maximum Gasteiger partial charge on any atom is 0.223 e. The first-order valence-corrected chi connectivity index (χ1v) is 16.2. The summed E-state index contributed by atoms with van der Waals surface area (Å²) in [5.74, 6) is 0.961. The molecule has 1 aromatic carbocycles. The molecule has 2 atom stereocenters. The molecule has 2 unspecified atom stereocenters. The third-order valence-electron chi connectivity index (χ3n) is 8.16. The molecule has 2 aromatic rings. The van der Waals surface area contributed by atoms with Crippen LogP contribution in [-0.4, -0.2) is 52.9 Å². The van der Waals surface area contributed by atoms with E-state index < -0.39 is 0 Å². The summed E-state index contributed by atoms with van der Waals surface area (Å²) in [6.07, 6.45) is 18.7. The van der Waals surface area contributed by atoms with Gasteiger partial charge in [0.05, 0.1) is 24.4 Å². The van der Waals surface area contributed by atoms with Crippen LogP contribution in [-0.2, 0) is 4.79 Å². The molecule has 0 saturated heterocycles. The fraction of sp³-hybridized carbons (Fsp3) is 0.429. The van der Waals surface area contributed by atoms with Crippen molar-refractivity contribution in [1.82, 2.24) is 20.0 Å². The minimum atomic E-state index is 0.00329. The van der Waals surface area contributed by atoms with Gasteiger partial charge in [-0.3, -0.25) is 4.79 Å². The number of ether oxygens (including phenoxy) is 1. The second-order valence-electron chi connectivity index (χ2n) is 11.2. The molecule has 8 heteroatoms. The smallest absolute Gasteiger partial charge is 0.223 e. The molecule has 0 aliphatic heterocycles. The highest BCUT2D eigenvalue weighted by molar-refractivity contribution is 6.35. The molecule has 1 heterocycles. The van der Waals surface area contributed by atoms with Gasteiger partial charge >= 0.3 is 0 Å². The fourth-order valence-corrected chi connectivity index (χ4v) is 5.89. The van der Waals surface area contributed by atoms with Gasteiger partial charge in [0.2, 0.25) is 11.8 Å². The van der Waals surface area contributed by atoms with Crippen molar-refractivity contribution in [2.45, 2.75) is 65.8 Å². The lowest BCUT2D eigenvalue weighted by atomic mass is 9.94. The van der Waals surface area contributed by atoms with Crippen LogP contribution >= 0.6 is 23.2 Å². The van der Waals surface area contributed by atoms with Crippen LogP contribution in [0.25, 0.3) is 17.0 Å². The van der Waals surface area contributed by atoms with E-state index in [4.69, 9.17) is 33.0 Å². The van der Waals surface area contributed by atoms with Gasteiger partial charge in [-0.15, -0.1) is 0 Å². The lowest BCUT2D eigenvalue weighted by Crippen LogP contribution is -2.40. The number of benzene rings is 1. The third kappa shape index (κ3) is 9.46. The molecule has 1 amide bonds. The second-order valence-corrected chi connectivity index (χ2v) is 12.1. The highest BCUT2D eigenvalue weighted by atomic mass is 35.5. The predicted molar refractivity (Wildman–Crippen MR) is 180 cm³/mol. The topological polar surface area (TPSA) is 59.4 Å². The molecular weight excluding hydrogens is 579 g/mol. The summed E-state index contributed by atoms with van der Waals surface area (Å²) in [6.45, 7) is 12.2. The van der Waals surface area contributed by atoms with E-state index in [1.165, 1.54) is 11.1 Å². The first kappa shape index (κ1) is 32.8. The third-order valence-corrected chi connectivity index (χ3v) is 8.60. The van der Waals surface area contributed by atoms with Gasteiger partial charge in [-0.2, -0.15) is 5.10 Å². The summed E-state index contributed by atoms with van der Waals surface area (Å²) >= 11 is 12.6. The number of aromatic nitrogens is 2. The minimum absolute atomic E-state index is 0.00329.